The predicted octanol–water partition coefficient (Wildman–Crippen LogP) is 5.85. The molecule has 1 amide bonds. The number of aliphatic carboxylic acids is 1. The van der Waals surface area contributed by atoms with Crippen LogP contribution in [0, 0.1) is 5.92 Å². The molecule has 7 nitrogen and oxygen atoms in total. The fourth-order valence-corrected chi connectivity index (χ4v) is 4.68. The summed E-state index contributed by atoms with van der Waals surface area (Å²) in [7, 11) is 0. The molecule has 0 unspecified atom stereocenters. The molecule has 1 fully saturated rings. The molecule has 1 saturated carbocycles. The molecule has 0 heterocycles. The van der Waals surface area contributed by atoms with Crippen LogP contribution < -0.4 is 15.0 Å². The van der Waals surface area contributed by atoms with E-state index >= 15 is 0 Å². The van der Waals surface area contributed by atoms with E-state index in [1.165, 1.54) is 0 Å². The quantitative estimate of drug-likeness (QED) is 0.204. The van der Waals surface area contributed by atoms with Crippen LogP contribution in [0.25, 0.3) is 0 Å². The third-order valence-electron chi connectivity index (χ3n) is 7.04. The number of hydrogen-bond acceptors (Lipinski definition) is 5. The first-order chi connectivity index (χ1) is 20.0. The number of para-hydroxylation sites is 2. The number of carboxylic acid groups (broad SMARTS) is 1. The van der Waals surface area contributed by atoms with Crippen molar-refractivity contribution in [2.75, 3.05) is 23.4 Å². The van der Waals surface area contributed by atoms with Gasteiger partial charge in [0.25, 0.3) is 0 Å². The summed E-state index contributed by atoms with van der Waals surface area (Å²) >= 11 is 0. The summed E-state index contributed by atoms with van der Waals surface area (Å²) in [5.41, 5.74) is 3.09. The van der Waals surface area contributed by atoms with Crippen LogP contribution in [0.15, 0.2) is 109 Å². The monoisotopic (exact) mass is 548 g/mol. The van der Waals surface area contributed by atoms with Gasteiger partial charge in [0.1, 0.15) is 18.4 Å². The van der Waals surface area contributed by atoms with Gasteiger partial charge in [-0.3, -0.25) is 9.59 Å². The van der Waals surface area contributed by atoms with Gasteiger partial charge in [0.2, 0.25) is 5.91 Å². The number of carbonyl (C=O) groups is 3. The molecule has 0 aromatic heterocycles. The molecular formula is C34H32N2O5. The molecule has 0 saturated heterocycles. The van der Waals surface area contributed by atoms with Crippen molar-refractivity contribution in [3.05, 3.63) is 126 Å². The molecule has 5 rings (SSSR count). The van der Waals surface area contributed by atoms with E-state index in [0.717, 1.165) is 24.1 Å². The van der Waals surface area contributed by atoms with Crippen LogP contribution in [-0.4, -0.2) is 42.0 Å². The zero-order valence-electron chi connectivity index (χ0n) is 22.6. The zero-order valence-corrected chi connectivity index (χ0v) is 22.6. The Kier molecular flexibility index (Phi) is 8.74. The van der Waals surface area contributed by atoms with Gasteiger partial charge in [0.05, 0.1) is 6.54 Å². The molecule has 1 aliphatic carbocycles. The Morgan fingerprint density at radius 2 is 1.46 bits per heavy atom. The van der Waals surface area contributed by atoms with Crippen molar-refractivity contribution >= 4 is 29.0 Å². The van der Waals surface area contributed by atoms with Crippen LogP contribution in [0.2, 0.25) is 0 Å². The first-order valence-corrected chi connectivity index (χ1v) is 13.8. The summed E-state index contributed by atoms with van der Waals surface area (Å²) in [5.74, 6) is -0.319. The van der Waals surface area contributed by atoms with Crippen molar-refractivity contribution in [3.63, 3.8) is 0 Å². The van der Waals surface area contributed by atoms with Gasteiger partial charge < -0.3 is 20.1 Å². The molecule has 0 aliphatic heterocycles. The Balaban J connectivity index is 1.20. The lowest BCUT2D eigenvalue weighted by Crippen LogP contribution is -2.35. The van der Waals surface area contributed by atoms with Crippen molar-refractivity contribution in [2.45, 2.75) is 25.3 Å². The van der Waals surface area contributed by atoms with Crippen LogP contribution in [0.4, 0.5) is 11.4 Å². The fraction of sp³-hybridized carbons (Fsp3) is 0.206. The average Bonchev–Trinajstić information content (AvgIpc) is 3.86. The summed E-state index contributed by atoms with van der Waals surface area (Å²) in [4.78, 5) is 39.8. The van der Waals surface area contributed by atoms with E-state index in [9.17, 15) is 19.5 Å². The molecule has 0 bridgehead atoms. The number of nitrogens with zero attached hydrogens (tertiary/aromatic N) is 1. The van der Waals surface area contributed by atoms with Crippen LogP contribution in [0.1, 0.15) is 34.3 Å². The highest BCUT2D eigenvalue weighted by Crippen LogP contribution is 2.32. The van der Waals surface area contributed by atoms with E-state index in [2.05, 4.69) is 5.32 Å². The summed E-state index contributed by atoms with van der Waals surface area (Å²) in [6, 6.07) is 31.8. The summed E-state index contributed by atoms with van der Waals surface area (Å²) in [6.45, 7) is 0.769. The SMILES string of the molecule is O=C(c1ccccc1)c1ccccc1N[C@@H](Cc1ccc(OCCN(C(=O)C2CC2)c2ccccc2)cc1)C(=O)O. The summed E-state index contributed by atoms with van der Waals surface area (Å²) in [5, 5.41) is 13.0. The minimum atomic E-state index is -1.02. The lowest BCUT2D eigenvalue weighted by atomic mass is 10.00. The Bertz CT molecular complexity index is 1480. The van der Waals surface area contributed by atoms with Crippen molar-refractivity contribution in [2.24, 2.45) is 5.92 Å². The normalized spacial score (nSPS) is 13.2. The van der Waals surface area contributed by atoms with E-state index in [4.69, 9.17) is 4.74 Å². The van der Waals surface area contributed by atoms with Gasteiger partial charge in [-0.2, -0.15) is 0 Å². The number of carbonyl (C=O) groups excluding carboxylic acids is 2. The third kappa shape index (κ3) is 7.19. The molecule has 0 spiro atoms. The first kappa shape index (κ1) is 27.6. The van der Waals surface area contributed by atoms with Gasteiger partial charge in [0, 0.05) is 34.8 Å². The van der Waals surface area contributed by atoms with E-state index in [1.54, 1.807) is 65.6 Å². The minimum Gasteiger partial charge on any atom is -0.492 e. The van der Waals surface area contributed by atoms with E-state index in [-0.39, 0.29) is 24.0 Å². The molecule has 208 valence electrons. The lowest BCUT2D eigenvalue weighted by Gasteiger charge is -2.23. The van der Waals surface area contributed by atoms with Gasteiger partial charge in [-0.15, -0.1) is 0 Å². The smallest absolute Gasteiger partial charge is 0.326 e. The summed E-state index contributed by atoms with van der Waals surface area (Å²) < 4.78 is 5.93. The average molecular weight is 549 g/mol. The van der Waals surface area contributed by atoms with E-state index < -0.39 is 12.0 Å². The van der Waals surface area contributed by atoms with Crippen molar-refractivity contribution < 1.29 is 24.2 Å². The largest absolute Gasteiger partial charge is 0.492 e. The number of benzene rings is 4. The molecule has 1 aliphatic rings. The minimum absolute atomic E-state index is 0.105. The molecule has 0 radical (unpaired) electrons. The van der Waals surface area contributed by atoms with Crippen molar-refractivity contribution in [1.29, 1.82) is 0 Å². The molecule has 4 aromatic rings. The van der Waals surface area contributed by atoms with Crippen LogP contribution in [0.3, 0.4) is 0 Å². The maximum Gasteiger partial charge on any atom is 0.326 e. The molecular weight excluding hydrogens is 516 g/mol. The standard InChI is InChI=1S/C34H32N2O5/c37-32(25-9-3-1-4-10-25)29-13-7-8-14-30(29)35-31(34(39)40)23-24-15-19-28(20-16-24)41-22-21-36(33(38)26-17-18-26)27-11-5-2-6-12-27/h1-16,19-20,26,31,35H,17-18,21-23H2,(H,39,40)/t31-/m0/s1. The second-order valence-electron chi connectivity index (χ2n) is 10.1. The number of amides is 1. The number of rotatable bonds is 13. The van der Waals surface area contributed by atoms with Gasteiger partial charge in [-0.1, -0.05) is 72.8 Å². The zero-order chi connectivity index (χ0) is 28.6. The Labute approximate surface area is 239 Å². The van der Waals surface area contributed by atoms with Crippen LogP contribution in [-0.2, 0) is 16.0 Å². The van der Waals surface area contributed by atoms with Crippen LogP contribution >= 0.6 is 0 Å². The van der Waals surface area contributed by atoms with Crippen molar-refractivity contribution in [1.82, 2.24) is 0 Å². The number of anilines is 2. The van der Waals surface area contributed by atoms with Crippen LogP contribution in [0.5, 0.6) is 5.75 Å². The number of hydrogen-bond donors (Lipinski definition) is 2. The second-order valence-corrected chi connectivity index (χ2v) is 10.1. The topological polar surface area (TPSA) is 95.9 Å². The molecule has 2 N–H and O–H groups in total. The highest BCUT2D eigenvalue weighted by atomic mass is 16.5. The van der Waals surface area contributed by atoms with Gasteiger partial charge in [-0.05, 0) is 54.8 Å². The van der Waals surface area contributed by atoms with Crippen molar-refractivity contribution in [3.8, 4) is 5.75 Å². The van der Waals surface area contributed by atoms with Gasteiger partial charge in [-0.25, -0.2) is 4.79 Å². The fourth-order valence-electron chi connectivity index (χ4n) is 4.68. The first-order valence-electron chi connectivity index (χ1n) is 13.8. The van der Waals surface area contributed by atoms with E-state index in [0.29, 0.717) is 35.7 Å². The maximum absolute atomic E-state index is 13.1. The summed E-state index contributed by atoms with van der Waals surface area (Å²) in [6.07, 6.45) is 2.08. The number of ether oxygens (including phenoxy) is 1. The van der Waals surface area contributed by atoms with E-state index in [1.807, 2.05) is 48.5 Å². The number of nitrogens with one attached hydrogen (secondary N) is 1. The molecule has 41 heavy (non-hydrogen) atoms. The molecule has 4 aromatic carbocycles. The Morgan fingerprint density at radius 1 is 0.829 bits per heavy atom. The lowest BCUT2D eigenvalue weighted by molar-refractivity contribution is -0.137. The second kappa shape index (κ2) is 13.0. The Morgan fingerprint density at radius 3 is 2.12 bits per heavy atom. The predicted molar refractivity (Wildman–Crippen MR) is 159 cm³/mol. The highest BCUT2D eigenvalue weighted by Gasteiger charge is 2.34. The highest BCUT2D eigenvalue weighted by molar-refractivity contribution is 6.12. The Hall–Kier alpha value is -4.91. The molecule has 7 heteroatoms. The van der Waals surface area contributed by atoms with Gasteiger partial charge >= 0.3 is 5.97 Å². The molecule has 1 atom stereocenters. The maximum atomic E-state index is 13.1. The van der Waals surface area contributed by atoms with Gasteiger partial charge in [0.15, 0.2) is 5.78 Å². The number of ketones is 1. The third-order valence-corrected chi connectivity index (χ3v) is 7.04. The number of carboxylic acids is 1.